The van der Waals surface area contributed by atoms with Crippen LogP contribution in [-0.2, 0) is 10.0 Å². The van der Waals surface area contributed by atoms with Crippen molar-refractivity contribution in [3.63, 3.8) is 0 Å². The first kappa shape index (κ1) is 16.5. The smallest absolute Gasteiger partial charge is 0.265 e. The molecule has 0 fully saturated rings. The Kier molecular flexibility index (Phi) is 5.10. The highest BCUT2D eigenvalue weighted by molar-refractivity contribution is 9.10. The van der Waals surface area contributed by atoms with Gasteiger partial charge in [0.2, 0.25) is 0 Å². The molecular weight excluding hydrogens is 447 g/mol. The fourth-order valence-electron chi connectivity index (χ4n) is 1.51. The second-order valence-corrected chi connectivity index (χ2v) is 7.73. The molecule has 0 unspecified atom stereocenters. The van der Waals surface area contributed by atoms with Gasteiger partial charge < -0.3 is 5.43 Å². The van der Waals surface area contributed by atoms with E-state index in [1.54, 1.807) is 18.2 Å². The maximum absolute atomic E-state index is 12.4. The van der Waals surface area contributed by atoms with Crippen molar-refractivity contribution < 1.29 is 8.42 Å². The Labute approximate surface area is 143 Å². The lowest BCUT2D eigenvalue weighted by atomic mass is 10.3. The minimum absolute atomic E-state index is 0.0378. The highest BCUT2D eigenvalue weighted by atomic mass is 79.9. The Morgan fingerprint density at radius 2 is 1.95 bits per heavy atom. The molecule has 2 rings (SSSR count). The monoisotopic (exact) mass is 454 g/mol. The molecule has 0 amide bonds. The summed E-state index contributed by atoms with van der Waals surface area (Å²) >= 11 is 12.2. The summed E-state index contributed by atoms with van der Waals surface area (Å²) in [6, 6.07) is 6.10. The molecule has 4 N–H and O–H groups in total. The van der Waals surface area contributed by atoms with Gasteiger partial charge in [-0.2, -0.15) is 0 Å². The Morgan fingerprint density at radius 3 is 2.57 bits per heavy atom. The Balaban J connectivity index is 2.45. The second kappa shape index (κ2) is 6.49. The van der Waals surface area contributed by atoms with Crippen LogP contribution in [0, 0.1) is 0 Å². The lowest BCUT2D eigenvalue weighted by molar-refractivity contribution is 0.601. The zero-order chi connectivity index (χ0) is 15.6. The standard InChI is InChI=1S/C11H9Br2ClN4O2S/c12-6-3-10(11(17-15)16-5-6)21(19,20)18-9-2-1-7(14)4-8(9)13/h1-5,18H,15H2,(H,16,17). The van der Waals surface area contributed by atoms with Crippen molar-refractivity contribution >= 4 is 65.0 Å². The lowest BCUT2D eigenvalue weighted by Crippen LogP contribution is -2.18. The molecule has 0 aliphatic rings. The maximum atomic E-state index is 12.4. The molecule has 2 aromatic rings. The van der Waals surface area contributed by atoms with Gasteiger partial charge in [-0.15, -0.1) is 0 Å². The predicted molar refractivity (Wildman–Crippen MR) is 89.7 cm³/mol. The maximum Gasteiger partial charge on any atom is 0.265 e. The van der Waals surface area contributed by atoms with Crippen molar-refractivity contribution in [3.8, 4) is 0 Å². The molecular formula is C11H9Br2ClN4O2S. The number of nitrogens with one attached hydrogen (secondary N) is 2. The van der Waals surface area contributed by atoms with Gasteiger partial charge in [0.25, 0.3) is 10.0 Å². The third-order valence-corrected chi connectivity index (χ3v) is 5.12. The number of nitrogens with zero attached hydrogens (tertiary/aromatic N) is 1. The number of anilines is 2. The average molecular weight is 457 g/mol. The molecule has 0 saturated heterocycles. The van der Waals surface area contributed by atoms with Crippen LogP contribution in [0.1, 0.15) is 0 Å². The number of hydrogen-bond donors (Lipinski definition) is 3. The summed E-state index contributed by atoms with van der Waals surface area (Å²) in [6.07, 6.45) is 1.44. The van der Waals surface area contributed by atoms with Crippen molar-refractivity contribution in [3.05, 3.63) is 44.4 Å². The van der Waals surface area contributed by atoms with Crippen LogP contribution >= 0.6 is 43.5 Å². The molecule has 0 spiro atoms. The molecule has 21 heavy (non-hydrogen) atoms. The van der Waals surface area contributed by atoms with Crippen molar-refractivity contribution in [1.29, 1.82) is 0 Å². The number of aromatic nitrogens is 1. The largest absolute Gasteiger partial charge is 0.307 e. The van der Waals surface area contributed by atoms with Gasteiger partial charge in [-0.3, -0.25) is 4.72 Å². The highest BCUT2D eigenvalue weighted by Gasteiger charge is 2.21. The summed E-state index contributed by atoms with van der Waals surface area (Å²) in [6.45, 7) is 0. The fourth-order valence-corrected chi connectivity index (χ4v) is 4.13. The second-order valence-electron chi connectivity index (χ2n) is 3.87. The summed E-state index contributed by atoms with van der Waals surface area (Å²) in [5, 5.41) is 0.484. The van der Waals surface area contributed by atoms with E-state index in [4.69, 9.17) is 17.4 Å². The van der Waals surface area contributed by atoms with E-state index in [1.165, 1.54) is 12.3 Å². The first-order valence-electron chi connectivity index (χ1n) is 5.43. The Bertz CT molecular complexity index is 786. The molecule has 1 aromatic heterocycles. The summed E-state index contributed by atoms with van der Waals surface area (Å²) < 4.78 is 28.4. The van der Waals surface area contributed by atoms with E-state index in [2.05, 4.69) is 47.0 Å². The van der Waals surface area contributed by atoms with Crippen LogP contribution in [0.25, 0.3) is 0 Å². The van der Waals surface area contributed by atoms with Crippen LogP contribution in [0.4, 0.5) is 11.5 Å². The number of nitrogen functional groups attached to an aromatic ring is 1. The van der Waals surface area contributed by atoms with Crippen LogP contribution in [0.15, 0.2) is 44.3 Å². The van der Waals surface area contributed by atoms with Crippen LogP contribution in [0.3, 0.4) is 0 Å². The number of hydrogen-bond acceptors (Lipinski definition) is 5. The molecule has 1 heterocycles. The van der Waals surface area contributed by atoms with E-state index < -0.39 is 10.0 Å². The van der Waals surface area contributed by atoms with Crippen molar-refractivity contribution in [2.24, 2.45) is 5.84 Å². The minimum Gasteiger partial charge on any atom is -0.307 e. The number of pyridine rings is 1. The topological polar surface area (TPSA) is 97.1 Å². The summed E-state index contributed by atoms with van der Waals surface area (Å²) in [5.74, 6) is 5.33. The highest BCUT2D eigenvalue weighted by Crippen LogP contribution is 2.30. The first-order valence-corrected chi connectivity index (χ1v) is 8.88. The van der Waals surface area contributed by atoms with E-state index in [0.717, 1.165) is 0 Å². The number of sulfonamides is 1. The predicted octanol–water partition coefficient (Wildman–Crippen LogP) is 3.35. The molecule has 0 bridgehead atoms. The number of rotatable bonds is 4. The van der Waals surface area contributed by atoms with Crippen LogP contribution in [0.5, 0.6) is 0 Å². The molecule has 0 aliphatic carbocycles. The van der Waals surface area contributed by atoms with Gasteiger partial charge in [0, 0.05) is 20.2 Å². The quantitative estimate of drug-likeness (QED) is 0.484. The Morgan fingerprint density at radius 1 is 1.24 bits per heavy atom. The molecule has 1 aromatic carbocycles. The summed E-state index contributed by atoms with van der Waals surface area (Å²) in [4.78, 5) is 3.82. The molecule has 10 heteroatoms. The molecule has 112 valence electrons. The van der Waals surface area contributed by atoms with E-state index >= 15 is 0 Å². The van der Waals surface area contributed by atoms with E-state index in [-0.39, 0.29) is 10.7 Å². The number of halogens is 3. The first-order chi connectivity index (χ1) is 9.83. The molecule has 0 aliphatic heterocycles. The van der Waals surface area contributed by atoms with Gasteiger partial charge in [-0.1, -0.05) is 11.6 Å². The van der Waals surface area contributed by atoms with Gasteiger partial charge in [0.15, 0.2) is 5.82 Å². The van der Waals surface area contributed by atoms with Gasteiger partial charge in [-0.05, 0) is 56.1 Å². The summed E-state index contributed by atoms with van der Waals surface area (Å²) in [5.41, 5.74) is 2.60. The van der Waals surface area contributed by atoms with Crippen molar-refractivity contribution in [2.45, 2.75) is 4.90 Å². The summed E-state index contributed by atoms with van der Waals surface area (Å²) in [7, 11) is -3.87. The fraction of sp³-hybridized carbons (Fsp3) is 0. The van der Waals surface area contributed by atoms with E-state index in [9.17, 15) is 8.42 Å². The van der Waals surface area contributed by atoms with Gasteiger partial charge in [-0.25, -0.2) is 19.2 Å². The van der Waals surface area contributed by atoms with Crippen molar-refractivity contribution in [1.82, 2.24) is 4.98 Å². The van der Waals surface area contributed by atoms with Gasteiger partial charge in [0.1, 0.15) is 4.90 Å². The average Bonchev–Trinajstić information content (AvgIpc) is 2.42. The SMILES string of the molecule is NNc1ncc(Br)cc1S(=O)(=O)Nc1ccc(Cl)cc1Br. The zero-order valence-corrected chi connectivity index (χ0v) is 15.0. The molecule has 0 radical (unpaired) electrons. The van der Waals surface area contributed by atoms with E-state index in [0.29, 0.717) is 19.7 Å². The zero-order valence-electron chi connectivity index (χ0n) is 10.3. The molecule has 0 atom stereocenters. The molecule has 0 saturated carbocycles. The lowest BCUT2D eigenvalue weighted by Gasteiger charge is -2.12. The number of nitrogens with two attached hydrogens (primary N) is 1. The van der Waals surface area contributed by atoms with Crippen LogP contribution < -0.4 is 16.0 Å². The molecule has 6 nitrogen and oxygen atoms in total. The number of hydrazine groups is 1. The third kappa shape index (κ3) is 3.86. The van der Waals surface area contributed by atoms with E-state index in [1.807, 2.05) is 0 Å². The Hall–Kier alpha value is -0.870. The van der Waals surface area contributed by atoms with Crippen LogP contribution in [0.2, 0.25) is 5.02 Å². The number of benzene rings is 1. The minimum atomic E-state index is -3.87. The van der Waals surface area contributed by atoms with Gasteiger partial charge >= 0.3 is 0 Å². The normalized spacial score (nSPS) is 11.2. The van der Waals surface area contributed by atoms with Crippen LogP contribution in [-0.4, -0.2) is 13.4 Å². The van der Waals surface area contributed by atoms with Gasteiger partial charge in [0.05, 0.1) is 5.69 Å². The van der Waals surface area contributed by atoms with Crippen molar-refractivity contribution in [2.75, 3.05) is 10.1 Å². The third-order valence-electron chi connectivity index (χ3n) is 2.42.